The lowest BCUT2D eigenvalue weighted by Crippen LogP contribution is -2.17. The van der Waals surface area contributed by atoms with Gasteiger partial charge in [0.1, 0.15) is 6.61 Å². The molecule has 0 saturated carbocycles. The van der Waals surface area contributed by atoms with Crippen LogP contribution in [-0.2, 0) is 6.61 Å². The van der Waals surface area contributed by atoms with Crippen molar-refractivity contribution in [2.45, 2.75) is 13.5 Å². The Bertz CT molecular complexity index is 994. The molecular formula is C22H20ClN3O3. The first-order chi connectivity index (χ1) is 14.2. The Morgan fingerprint density at radius 1 is 1.10 bits per heavy atom. The SMILES string of the molecule is CCOc1cc(/C=N\NC(=O)c2ccncc2)ccc1OCc1cccc(Cl)c1. The summed E-state index contributed by atoms with van der Waals surface area (Å²) in [5.41, 5.74) is 4.69. The lowest BCUT2D eigenvalue weighted by molar-refractivity contribution is 0.0955. The molecule has 0 fully saturated rings. The summed E-state index contributed by atoms with van der Waals surface area (Å²) in [5, 5.41) is 4.66. The van der Waals surface area contributed by atoms with Gasteiger partial charge >= 0.3 is 0 Å². The highest BCUT2D eigenvalue weighted by Crippen LogP contribution is 2.29. The zero-order chi connectivity index (χ0) is 20.5. The molecule has 3 aromatic rings. The van der Waals surface area contributed by atoms with Gasteiger partial charge in [-0.05, 0) is 60.5 Å². The average Bonchev–Trinajstić information content (AvgIpc) is 2.74. The highest BCUT2D eigenvalue weighted by atomic mass is 35.5. The Kier molecular flexibility index (Phi) is 7.19. The molecule has 0 spiro atoms. The quantitative estimate of drug-likeness (QED) is 0.440. The second kappa shape index (κ2) is 10.2. The number of nitrogens with zero attached hydrogens (tertiary/aromatic N) is 2. The molecule has 7 heteroatoms. The largest absolute Gasteiger partial charge is 0.490 e. The molecule has 1 heterocycles. The van der Waals surface area contributed by atoms with Crippen LogP contribution in [0.4, 0.5) is 0 Å². The first-order valence-electron chi connectivity index (χ1n) is 9.03. The normalized spacial score (nSPS) is 10.7. The number of carbonyl (C=O) groups excluding carboxylic acids is 1. The van der Waals surface area contributed by atoms with Crippen LogP contribution in [0, 0.1) is 0 Å². The molecule has 1 amide bonds. The number of pyridine rings is 1. The lowest BCUT2D eigenvalue weighted by atomic mass is 10.2. The van der Waals surface area contributed by atoms with Crippen molar-refractivity contribution in [3.8, 4) is 11.5 Å². The van der Waals surface area contributed by atoms with Gasteiger partial charge in [0.2, 0.25) is 0 Å². The number of amides is 1. The molecule has 29 heavy (non-hydrogen) atoms. The van der Waals surface area contributed by atoms with E-state index in [9.17, 15) is 4.79 Å². The number of ether oxygens (including phenoxy) is 2. The van der Waals surface area contributed by atoms with Crippen LogP contribution in [0.5, 0.6) is 11.5 Å². The smallest absolute Gasteiger partial charge is 0.271 e. The van der Waals surface area contributed by atoms with E-state index in [-0.39, 0.29) is 5.91 Å². The molecule has 0 radical (unpaired) electrons. The Hall–Kier alpha value is -3.38. The predicted octanol–water partition coefficient (Wildman–Crippen LogP) is 4.48. The van der Waals surface area contributed by atoms with Gasteiger partial charge in [0.15, 0.2) is 11.5 Å². The van der Waals surface area contributed by atoms with Gasteiger partial charge in [-0.2, -0.15) is 5.10 Å². The second-order valence-corrected chi connectivity index (χ2v) is 6.43. The summed E-state index contributed by atoms with van der Waals surface area (Å²) >= 11 is 6.01. The maximum atomic E-state index is 12.0. The molecule has 0 aliphatic heterocycles. The summed E-state index contributed by atoms with van der Waals surface area (Å²) in [6.07, 6.45) is 4.65. The van der Waals surface area contributed by atoms with Crippen LogP contribution in [0.3, 0.4) is 0 Å². The number of hydrogen-bond acceptors (Lipinski definition) is 5. The average molecular weight is 410 g/mol. The van der Waals surface area contributed by atoms with Crippen molar-refractivity contribution in [1.82, 2.24) is 10.4 Å². The molecule has 148 valence electrons. The lowest BCUT2D eigenvalue weighted by Gasteiger charge is -2.12. The van der Waals surface area contributed by atoms with Gasteiger partial charge in [-0.3, -0.25) is 9.78 Å². The molecule has 2 aromatic carbocycles. The Morgan fingerprint density at radius 3 is 2.69 bits per heavy atom. The van der Waals surface area contributed by atoms with Crippen LogP contribution in [0.25, 0.3) is 0 Å². The fourth-order valence-corrected chi connectivity index (χ4v) is 2.73. The molecule has 6 nitrogen and oxygen atoms in total. The van der Waals surface area contributed by atoms with Crippen molar-refractivity contribution in [1.29, 1.82) is 0 Å². The highest BCUT2D eigenvalue weighted by Gasteiger charge is 2.07. The van der Waals surface area contributed by atoms with E-state index in [2.05, 4.69) is 15.5 Å². The molecule has 0 saturated heterocycles. The number of nitrogens with one attached hydrogen (secondary N) is 1. The summed E-state index contributed by atoms with van der Waals surface area (Å²) in [5.74, 6) is 0.902. The molecule has 0 atom stereocenters. The number of hydrogen-bond donors (Lipinski definition) is 1. The minimum atomic E-state index is -0.310. The van der Waals surface area contributed by atoms with Gasteiger partial charge in [-0.15, -0.1) is 0 Å². The number of rotatable bonds is 8. The molecule has 3 rings (SSSR count). The number of aromatic nitrogens is 1. The van der Waals surface area contributed by atoms with Crippen LogP contribution >= 0.6 is 11.6 Å². The van der Waals surface area contributed by atoms with Crippen molar-refractivity contribution >= 4 is 23.7 Å². The number of carbonyl (C=O) groups is 1. The molecule has 1 N–H and O–H groups in total. The van der Waals surface area contributed by atoms with Crippen molar-refractivity contribution in [3.05, 3.63) is 88.7 Å². The Morgan fingerprint density at radius 2 is 1.93 bits per heavy atom. The van der Waals surface area contributed by atoms with Crippen LogP contribution in [0.15, 0.2) is 72.1 Å². The topological polar surface area (TPSA) is 72.8 Å². The zero-order valence-electron chi connectivity index (χ0n) is 15.8. The van der Waals surface area contributed by atoms with Gasteiger partial charge in [0.05, 0.1) is 12.8 Å². The maximum Gasteiger partial charge on any atom is 0.271 e. The van der Waals surface area contributed by atoms with Crippen LogP contribution < -0.4 is 14.9 Å². The minimum absolute atomic E-state index is 0.310. The predicted molar refractivity (Wildman–Crippen MR) is 113 cm³/mol. The van der Waals surface area contributed by atoms with Crippen LogP contribution in [-0.4, -0.2) is 23.7 Å². The first kappa shape index (κ1) is 20.4. The van der Waals surface area contributed by atoms with Gasteiger partial charge in [0, 0.05) is 23.0 Å². The summed E-state index contributed by atoms with van der Waals surface area (Å²) in [6.45, 7) is 2.76. The van der Waals surface area contributed by atoms with E-state index in [1.54, 1.807) is 36.8 Å². The fraction of sp³-hybridized carbons (Fsp3) is 0.136. The maximum absolute atomic E-state index is 12.0. The Balaban J connectivity index is 1.66. The van der Waals surface area contributed by atoms with Crippen LogP contribution in [0.2, 0.25) is 5.02 Å². The van der Waals surface area contributed by atoms with E-state index in [0.29, 0.717) is 35.3 Å². The number of halogens is 1. The summed E-state index contributed by atoms with van der Waals surface area (Å²) < 4.78 is 11.6. The van der Waals surface area contributed by atoms with Crippen molar-refractivity contribution in [2.24, 2.45) is 5.10 Å². The minimum Gasteiger partial charge on any atom is -0.490 e. The number of hydrazone groups is 1. The van der Waals surface area contributed by atoms with E-state index in [4.69, 9.17) is 21.1 Å². The van der Waals surface area contributed by atoms with Crippen molar-refractivity contribution in [2.75, 3.05) is 6.61 Å². The first-order valence-corrected chi connectivity index (χ1v) is 9.41. The summed E-state index contributed by atoms with van der Waals surface area (Å²) in [7, 11) is 0. The van der Waals surface area contributed by atoms with E-state index in [1.165, 1.54) is 0 Å². The van der Waals surface area contributed by atoms with E-state index >= 15 is 0 Å². The van der Waals surface area contributed by atoms with Crippen molar-refractivity contribution in [3.63, 3.8) is 0 Å². The van der Waals surface area contributed by atoms with Gasteiger partial charge < -0.3 is 9.47 Å². The molecule has 0 aliphatic rings. The highest BCUT2D eigenvalue weighted by molar-refractivity contribution is 6.30. The molecule has 0 bridgehead atoms. The Labute approximate surface area is 174 Å². The van der Waals surface area contributed by atoms with Gasteiger partial charge in [0.25, 0.3) is 5.91 Å². The zero-order valence-corrected chi connectivity index (χ0v) is 16.6. The molecule has 0 aliphatic carbocycles. The molecule has 0 unspecified atom stereocenters. The van der Waals surface area contributed by atoms with E-state index in [0.717, 1.165) is 11.1 Å². The van der Waals surface area contributed by atoms with Gasteiger partial charge in [-0.25, -0.2) is 5.43 Å². The summed E-state index contributed by atoms with van der Waals surface area (Å²) in [4.78, 5) is 15.9. The third-order valence-electron chi connectivity index (χ3n) is 3.87. The van der Waals surface area contributed by atoms with E-state index < -0.39 is 0 Å². The third-order valence-corrected chi connectivity index (χ3v) is 4.11. The fourth-order valence-electron chi connectivity index (χ4n) is 2.51. The standard InChI is InChI=1S/C22H20ClN3O3/c1-2-28-21-13-16(14-25-26-22(27)18-8-10-24-11-9-18)6-7-20(21)29-15-17-4-3-5-19(23)12-17/h3-14H,2,15H2,1H3,(H,26,27)/b25-14-. The third kappa shape index (κ3) is 6.05. The van der Waals surface area contributed by atoms with Crippen molar-refractivity contribution < 1.29 is 14.3 Å². The number of benzene rings is 2. The van der Waals surface area contributed by atoms with Gasteiger partial charge in [-0.1, -0.05) is 23.7 Å². The molecule has 1 aromatic heterocycles. The van der Waals surface area contributed by atoms with Crippen LogP contribution in [0.1, 0.15) is 28.4 Å². The molecular weight excluding hydrogens is 390 g/mol. The van der Waals surface area contributed by atoms with E-state index in [1.807, 2.05) is 43.3 Å². The monoisotopic (exact) mass is 409 g/mol. The second-order valence-electron chi connectivity index (χ2n) is 5.99. The summed E-state index contributed by atoms with van der Waals surface area (Å²) in [6, 6.07) is 16.2.